The van der Waals surface area contributed by atoms with E-state index in [1.807, 2.05) is 12.1 Å². The van der Waals surface area contributed by atoms with Gasteiger partial charge in [0.25, 0.3) is 5.91 Å². The van der Waals surface area contributed by atoms with Crippen molar-refractivity contribution < 1.29 is 18.0 Å². The molecule has 3 nitrogen and oxygen atoms in total. The van der Waals surface area contributed by atoms with Gasteiger partial charge in [-0.15, -0.1) is 0 Å². The summed E-state index contributed by atoms with van der Waals surface area (Å²) in [7, 11) is 0. The topological polar surface area (TPSA) is 23.6 Å². The lowest BCUT2D eigenvalue weighted by Crippen LogP contribution is -2.48. The number of hydrogen-bond acceptors (Lipinski definition) is 2. The summed E-state index contributed by atoms with van der Waals surface area (Å²) in [5, 5.41) is 0.990. The molecule has 1 heterocycles. The van der Waals surface area contributed by atoms with Crippen LogP contribution in [0.1, 0.15) is 21.5 Å². The number of alkyl halides is 3. The van der Waals surface area contributed by atoms with Gasteiger partial charge in [-0.2, -0.15) is 13.2 Å². The Kier molecular flexibility index (Phi) is 5.99. The zero-order valence-electron chi connectivity index (χ0n) is 14.3. The average molecular weight is 417 g/mol. The largest absolute Gasteiger partial charge is 0.416 e. The van der Waals surface area contributed by atoms with Gasteiger partial charge in [-0.25, -0.2) is 0 Å². The second-order valence-electron chi connectivity index (χ2n) is 6.40. The molecule has 144 valence electrons. The highest BCUT2D eigenvalue weighted by atomic mass is 35.5. The van der Waals surface area contributed by atoms with Gasteiger partial charge in [0.1, 0.15) is 0 Å². The molecule has 2 aromatic carbocycles. The van der Waals surface area contributed by atoms with Crippen molar-refractivity contribution in [2.75, 3.05) is 26.2 Å². The van der Waals surface area contributed by atoms with Gasteiger partial charge in [0, 0.05) is 38.3 Å². The van der Waals surface area contributed by atoms with E-state index in [2.05, 4.69) is 4.90 Å². The molecule has 0 saturated carbocycles. The molecule has 1 amide bonds. The van der Waals surface area contributed by atoms with Crippen LogP contribution in [0.25, 0.3) is 0 Å². The van der Waals surface area contributed by atoms with Crippen LogP contribution in [-0.4, -0.2) is 41.9 Å². The summed E-state index contributed by atoms with van der Waals surface area (Å²) >= 11 is 11.9. The molecular formula is C19H17Cl2F3N2O. The van der Waals surface area contributed by atoms with E-state index in [1.54, 1.807) is 11.0 Å². The van der Waals surface area contributed by atoms with Crippen molar-refractivity contribution in [1.29, 1.82) is 0 Å². The van der Waals surface area contributed by atoms with Crippen molar-refractivity contribution in [2.24, 2.45) is 0 Å². The molecule has 2 aromatic rings. The van der Waals surface area contributed by atoms with Crippen LogP contribution in [-0.2, 0) is 12.7 Å². The smallest absolute Gasteiger partial charge is 0.336 e. The Morgan fingerprint density at radius 3 is 2.30 bits per heavy atom. The number of carbonyl (C=O) groups is 1. The first-order chi connectivity index (χ1) is 12.7. The van der Waals surface area contributed by atoms with E-state index in [4.69, 9.17) is 23.2 Å². The summed E-state index contributed by atoms with van der Waals surface area (Å²) in [5.41, 5.74) is 0.261. The van der Waals surface area contributed by atoms with Gasteiger partial charge in [0.2, 0.25) is 0 Å². The Hall–Kier alpha value is -1.76. The summed E-state index contributed by atoms with van der Waals surface area (Å²) in [6.45, 7) is 2.84. The van der Waals surface area contributed by atoms with Crippen molar-refractivity contribution in [2.45, 2.75) is 12.7 Å². The molecule has 1 fully saturated rings. The highest BCUT2D eigenvalue weighted by Crippen LogP contribution is 2.30. The highest BCUT2D eigenvalue weighted by molar-refractivity contribution is 6.42. The Balaban J connectivity index is 1.60. The number of halogens is 5. The number of piperazine rings is 1. The third-order valence-corrected chi connectivity index (χ3v) is 5.23. The molecule has 1 saturated heterocycles. The van der Waals surface area contributed by atoms with E-state index in [-0.39, 0.29) is 11.5 Å². The summed E-state index contributed by atoms with van der Waals surface area (Å²) in [6, 6.07) is 10.00. The minimum Gasteiger partial charge on any atom is -0.336 e. The fraction of sp³-hybridized carbons (Fsp3) is 0.316. The second kappa shape index (κ2) is 8.09. The normalized spacial score (nSPS) is 15.8. The maximum Gasteiger partial charge on any atom is 0.416 e. The monoisotopic (exact) mass is 416 g/mol. The first kappa shape index (κ1) is 20.0. The molecule has 1 aliphatic rings. The van der Waals surface area contributed by atoms with Crippen molar-refractivity contribution in [1.82, 2.24) is 9.80 Å². The molecule has 3 rings (SSSR count). The molecule has 0 atom stereocenters. The maximum absolute atomic E-state index is 12.8. The predicted molar refractivity (Wildman–Crippen MR) is 99.1 cm³/mol. The van der Waals surface area contributed by atoms with Crippen LogP contribution in [0.3, 0.4) is 0 Å². The van der Waals surface area contributed by atoms with Gasteiger partial charge in [-0.3, -0.25) is 9.69 Å². The SMILES string of the molecule is O=C(c1cccc(C(F)(F)F)c1)N1CCN(Cc2ccc(Cl)c(Cl)c2)CC1. The maximum atomic E-state index is 12.8. The lowest BCUT2D eigenvalue weighted by molar-refractivity contribution is -0.137. The molecule has 0 radical (unpaired) electrons. The van der Waals surface area contributed by atoms with Crippen molar-refractivity contribution in [3.63, 3.8) is 0 Å². The second-order valence-corrected chi connectivity index (χ2v) is 7.21. The van der Waals surface area contributed by atoms with Crippen molar-refractivity contribution in [3.8, 4) is 0 Å². The number of rotatable bonds is 3. The number of benzene rings is 2. The van der Waals surface area contributed by atoms with Gasteiger partial charge in [0.15, 0.2) is 0 Å². The fourth-order valence-electron chi connectivity index (χ4n) is 3.02. The van der Waals surface area contributed by atoms with E-state index in [1.165, 1.54) is 12.1 Å². The molecule has 8 heteroatoms. The number of nitrogens with zero attached hydrogens (tertiary/aromatic N) is 2. The Bertz CT molecular complexity index is 834. The van der Waals surface area contributed by atoms with Crippen molar-refractivity contribution in [3.05, 3.63) is 69.2 Å². The number of carbonyl (C=O) groups excluding carboxylic acids is 1. The number of amides is 1. The molecule has 0 unspecified atom stereocenters. The van der Waals surface area contributed by atoms with Crippen LogP contribution in [0.5, 0.6) is 0 Å². The molecule has 1 aliphatic heterocycles. The lowest BCUT2D eigenvalue weighted by Gasteiger charge is -2.35. The Morgan fingerprint density at radius 1 is 0.963 bits per heavy atom. The van der Waals surface area contributed by atoms with E-state index in [0.29, 0.717) is 42.8 Å². The van der Waals surface area contributed by atoms with Crippen LogP contribution < -0.4 is 0 Å². The van der Waals surface area contributed by atoms with Gasteiger partial charge >= 0.3 is 6.18 Å². The highest BCUT2D eigenvalue weighted by Gasteiger charge is 2.31. The predicted octanol–water partition coefficient (Wildman–Crippen LogP) is 4.97. The quantitative estimate of drug-likeness (QED) is 0.704. The zero-order valence-corrected chi connectivity index (χ0v) is 15.8. The summed E-state index contributed by atoms with van der Waals surface area (Å²) in [5.74, 6) is -0.379. The van der Waals surface area contributed by atoms with Crippen LogP contribution in [0.15, 0.2) is 42.5 Å². The van der Waals surface area contributed by atoms with Crippen LogP contribution in [0, 0.1) is 0 Å². The van der Waals surface area contributed by atoms with E-state index >= 15 is 0 Å². The average Bonchev–Trinajstić information content (AvgIpc) is 2.64. The zero-order chi connectivity index (χ0) is 19.6. The minimum absolute atomic E-state index is 0.0581. The van der Waals surface area contributed by atoms with Gasteiger partial charge in [-0.1, -0.05) is 35.3 Å². The molecule has 0 bridgehead atoms. The van der Waals surface area contributed by atoms with Gasteiger partial charge in [-0.05, 0) is 35.9 Å². The summed E-state index contributed by atoms with van der Waals surface area (Å²) in [6.07, 6.45) is -4.46. The molecule has 0 aromatic heterocycles. The van der Waals surface area contributed by atoms with Crippen molar-refractivity contribution >= 4 is 29.1 Å². The molecule has 27 heavy (non-hydrogen) atoms. The van der Waals surface area contributed by atoms with Crippen LogP contribution in [0.4, 0.5) is 13.2 Å². The summed E-state index contributed by atoms with van der Waals surface area (Å²) < 4.78 is 38.5. The van der Waals surface area contributed by atoms with Gasteiger partial charge < -0.3 is 4.90 Å². The summed E-state index contributed by atoms with van der Waals surface area (Å²) in [4.78, 5) is 16.3. The Morgan fingerprint density at radius 2 is 1.67 bits per heavy atom. The van der Waals surface area contributed by atoms with Gasteiger partial charge in [0.05, 0.1) is 15.6 Å². The Labute approximate surface area is 165 Å². The fourth-order valence-corrected chi connectivity index (χ4v) is 3.34. The standard InChI is InChI=1S/C19H17Cl2F3N2O/c20-16-5-4-13(10-17(16)21)12-25-6-8-26(9-7-25)18(27)14-2-1-3-15(11-14)19(22,23)24/h1-5,10-11H,6-9,12H2. The molecule has 0 spiro atoms. The van der Waals surface area contributed by atoms with Crippen LogP contribution >= 0.6 is 23.2 Å². The third-order valence-electron chi connectivity index (χ3n) is 4.49. The molecule has 0 aliphatic carbocycles. The van der Waals surface area contributed by atoms with E-state index in [9.17, 15) is 18.0 Å². The van der Waals surface area contributed by atoms with E-state index in [0.717, 1.165) is 17.7 Å². The molecular weight excluding hydrogens is 400 g/mol. The lowest BCUT2D eigenvalue weighted by atomic mass is 10.1. The van der Waals surface area contributed by atoms with E-state index < -0.39 is 11.7 Å². The molecule has 0 N–H and O–H groups in total. The first-order valence-electron chi connectivity index (χ1n) is 8.37. The number of hydrogen-bond donors (Lipinski definition) is 0. The van der Waals surface area contributed by atoms with Crippen LogP contribution in [0.2, 0.25) is 10.0 Å². The third kappa shape index (κ3) is 4.94. The minimum atomic E-state index is -4.46. The first-order valence-corrected chi connectivity index (χ1v) is 9.12.